The SMILES string of the molecule is Cc1cc(OCC2(O)CCN(Cc3cccc(OCCCN4CCCCC4)c3)CC2)cc(C)c1Cl. The predicted molar refractivity (Wildman–Crippen MR) is 143 cm³/mol. The summed E-state index contributed by atoms with van der Waals surface area (Å²) in [5, 5.41) is 11.8. The van der Waals surface area contributed by atoms with E-state index in [1.807, 2.05) is 26.0 Å². The van der Waals surface area contributed by atoms with Gasteiger partial charge < -0.3 is 19.5 Å². The first-order chi connectivity index (χ1) is 16.9. The molecule has 2 saturated heterocycles. The molecule has 2 heterocycles. The number of nitrogens with zero attached hydrogens (tertiary/aromatic N) is 2. The third-order valence-corrected chi connectivity index (χ3v) is 7.94. The van der Waals surface area contributed by atoms with Crippen molar-refractivity contribution < 1.29 is 14.6 Å². The van der Waals surface area contributed by atoms with Crippen molar-refractivity contribution in [2.75, 3.05) is 45.9 Å². The van der Waals surface area contributed by atoms with Gasteiger partial charge in [0.15, 0.2) is 0 Å². The van der Waals surface area contributed by atoms with Crippen LogP contribution >= 0.6 is 11.6 Å². The monoisotopic (exact) mass is 500 g/mol. The highest BCUT2D eigenvalue weighted by atomic mass is 35.5. The van der Waals surface area contributed by atoms with Gasteiger partial charge in [0.1, 0.15) is 23.7 Å². The number of ether oxygens (including phenoxy) is 2. The number of hydrogen-bond donors (Lipinski definition) is 1. The first-order valence-corrected chi connectivity index (χ1v) is 13.6. The molecular formula is C29H41ClN2O3. The van der Waals surface area contributed by atoms with E-state index in [1.54, 1.807) is 0 Å². The average molecular weight is 501 g/mol. The lowest BCUT2D eigenvalue weighted by atomic mass is 9.92. The molecule has 0 aliphatic carbocycles. The Morgan fingerprint density at radius 1 is 0.886 bits per heavy atom. The lowest BCUT2D eigenvalue weighted by molar-refractivity contribution is -0.0537. The van der Waals surface area contributed by atoms with Crippen molar-refractivity contribution in [2.45, 2.75) is 64.5 Å². The van der Waals surface area contributed by atoms with Gasteiger partial charge in [0.05, 0.1) is 6.61 Å². The highest BCUT2D eigenvalue weighted by molar-refractivity contribution is 6.32. The van der Waals surface area contributed by atoms with Crippen LogP contribution in [-0.2, 0) is 6.54 Å². The minimum Gasteiger partial charge on any atom is -0.494 e. The third kappa shape index (κ3) is 7.85. The fourth-order valence-corrected chi connectivity index (χ4v) is 5.24. The Balaban J connectivity index is 1.19. The zero-order valence-electron chi connectivity index (χ0n) is 21.4. The Hall–Kier alpha value is -1.79. The summed E-state index contributed by atoms with van der Waals surface area (Å²) in [5.74, 6) is 1.73. The highest BCUT2D eigenvalue weighted by Crippen LogP contribution is 2.29. The molecule has 0 amide bonds. The Morgan fingerprint density at radius 2 is 1.60 bits per heavy atom. The summed E-state index contributed by atoms with van der Waals surface area (Å²) in [5.41, 5.74) is 2.46. The van der Waals surface area contributed by atoms with E-state index in [-0.39, 0.29) is 0 Å². The maximum absolute atomic E-state index is 11.1. The van der Waals surface area contributed by atoms with E-state index in [1.165, 1.54) is 37.9 Å². The van der Waals surface area contributed by atoms with Crippen LogP contribution in [0.5, 0.6) is 11.5 Å². The highest BCUT2D eigenvalue weighted by Gasteiger charge is 2.33. The van der Waals surface area contributed by atoms with Crippen molar-refractivity contribution in [2.24, 2.45) is 0 Å². The Kier molecular flexibility index (Phi) is 9.34. The number of benzene rings is 2. The van der Waals surface area contributed by atoms with E-state index in [0.717, 1.165) is 66.9 Å². The van der Waals surface area contributed by atoms with Crippen LogP contribution in [-0.4, -0.2) is 66.4 Å². The molecule has 2 aromatic rings. The summed E-state index contributed by atoms with van der Waals surface area (Å²) < 4.78 is 12.0. The first kappa shape index (κ1) is 26.3. The second-order valence-corrected chi connectivity index (χ2v) is 10.8. The van der Waals surface area contributed by atoms with E-state index < -0.39 is 5.60 Å². The van der Waals surface area contributed by atoms with Gasteiger partial charge in [-0.05, 0) is 100.0 Å². The minimum atomic E-state index is -0.794. The van der Waals surface area contributed by atoms with Gasteiger partial charge in [-0.15, -0.1) is 0 Å². The van der Waals surface area contributed by atoms with Gasteiger partial charge >= 0.3 is 0 Å². The lowest BCUT2D eigenvalue weighted by Gasteiger charge is -2.38. The summed E-state index contributed by atoms with van der Waals surface area (Å²) in [7, 11) is 0. The molecule has 0 unspecified atom stereocenters. The van der Waals surface area contributed by atoms with Gasteiger partial charge in [-0.3, -0.25) is 4.90 Å². The summed E-state index contributed by atoms with van der Waals surface area (Å²) in [6.07, 6.45) is 6.53. The fraction of sp³-hybridized carbons (Fsp3) is 0.586. The molecule has 0 atom stereocenters. The van der Waals surface area contributed by atoms with Crippen LogP contribution in [0.15, 0.2) is 36.4 Å². The van der Waals surface area contributed by atoms with Crippen LogP contribution < -0.4 is 9.47 Å². The molecule has 2 fully saturated rings. The molecule has 0 saturated carbocycles. The van der Waals surface area contributed by atoms with Crippen molar-refractivity contribution in [3.63, 3.8) is 0 Å². The second kappa shape index (κ2) is 12.4. The zero-order valence-corrected chi connectivity index (χ0v) is 22.2. The summed E-state index contributed by atoms with van der Waals surface area (Å²) in [6.45, 7) is 11.2. The van der Waals surface area contributed by atoms with Crippen LogP contribution in [0.4, 0.5) is 0 Å². The first-order valence-electron chi connectivity index (χ1n) is 13.2. The maximum Gasteiger partial charge on any atom is 0.120 e. The number of aryl methyl sites for hydroxylation is 2. The summed E-state index contributed by atoms with van der Waals surface area (Å²) >= 11 is 6.26. The Labute approximate surface area is 216 Å². The number of hydrogen-bond acceptors (Lipinski definition) is 5. The van der Waals surface area contributed by atoms with Crippen molar-refractivity contribution in [1.29, 1.82) is 0 Å². The van der Waals surface area contributed by atoms with E-state index >= 15 is 0 Å². The smallest absolute Gasteiger partial charge is 0.120 e. The molecule has 6 heteroatoms. The predicted octanol–water partition coefficient (Wildman–Crippen LogP) is 5.62. The van der Waals surface area contributed by atoms with Gasteiger partial charge in [-0.25, -0.2) is 0 Å². The molecule has 0 spiro atoms. The Morgan fingerprint density at radius 3 is 2.31 bits per heavy atom. The van der Waals surface area contributed by atoms with Crippen LogP contribution in [0.25, 0.3) is 0 Å². The molecule has 2 aliphatic heterocycles. The quantitative estimate of drug-likeness (QED) is 0.429. The van der Waals surface area contributed by atoms with Crippen LogP contribution in [0, 0.1) is 13.8 Å². The van der Waals surface area contributed by atoms with Gasteiger partial charge in [-0.2, -0.15) is 0 Å². The van der Waals surface area contributed by atoms with E-state index in [0.29, 0.717) is 19.4 Å². The molecule has 2 aromatic carbocycles. The van der Waals surface area contributed by atoms with E-state index in [9.17, 15) is 5.11 Å². The molecule has 5 nitrogen and oxygen atoms in total. The van der Waals surface area contributed by atoms with Crippen LogP contribution in [0.2, 0.25) is 5.02 Å². The molecule has 0 radical (unpaired) electrons. The Bertz CT molecular complexity index is 930. The zero-order chi connectivity index (χ0) is 24.7. The topological polar surface area (TPSA) is 45.2 Å². The molecule has 0 bridgehead atoms. The number of piperidine rings is 2. The van der Waals surface area contributed by atoms with Gasteiger partial charge in [0.25, 0.3) is 0 Å². The molecule has 0 aromatic heterocycles. The number of halogens is 1. The lowest BCUT2D eigenvalue weighted by Crippen LogP contribution is -2.47. The van der Waals surface area contributed by atoms with Crippen LogP contribution in [0.3, 0.4) is 0 Å². The van der Waals surface area contributed by atoms with Crippen molar-refractivity contribution in [1.82, 2.24) is 9.80 Å². The summed E-state index contributed by atoms with van der Waals surface area (Å²) in [4.78, 5) is 4.96. The molecule has 35 heavy (non-hydrogen) atoms. The van der Waals surface area contributed by atoms with E-state index in [4.69, 9.17) is 21.1 Å². The van der Waals surface area contributed by atoms with Crippen molar-refractivity contribution in [3.8, 4) is 11.5 Å². The molecular weight excluding hydrogens is 460 g/mol. The minimum absolute atomic E-state index is 0.308. The fourth-order valence-electron chi connectivity index (χ4n) is 5.13. The number of likely N-dealkylation sites (tertiary alicyclic amines) is 2. The molecule has 192 valence electrons. The van der Waals surface area contributed by atoms with Crippen LogP contribution in [0.1, 0.15) is 55.2 Å². The molecule has 2 aliphatic rings. The van der Waals surface area contributed by atoms with Crippen molar-refractivity contribution >= 4 is 11.6 Å². The molecule has 4 rings (SSSR count). The average Bonchev–Trinajstić information content (AvgIpc) is 2.86. The standard InChI is InChI=1S/C29H41ClN2O3/c1-23-18-27(19-24(2)28(23)30)35-22-29(33)10-15-32(16-11-29)21-25-8-6-9-26(20-25)34-17-7-14-31-12-4-3-5-13-31/h6,8-9,18-20,33H,3-5,7,10-17,21-22H2,1-2H3. The maximum atomic E-state index is 11.1. The van der Waals surface area contributed by atoms with Gasteiger partial charge in [-0.1, -0.05) is 30.2 Å². The number of rotatable bonds is 10. The third-order valence-electron chi connectivity index (χ3n) is 7.34. The van der Waals surface area contributed by atoms with E-state index in [2.05, 4.69) is 34.1 Å². The van der Waals surface area contributed by atoms with Gasteiger partial charge in [0, 0.05) is 31.2 Å². The van der Waals surface area contributed by atoms with Crippen molar-refractivity contribution in [3.05, 3.63) is 58.1 Å². The normalized spacial score (nSPS) is 19.0. The second-order valence-electron chi connectivity index (χ2n) is 10.4. The largest absolute Gasteiger partial charge is 0.494 e. The number of aliphatic hydroxyl groups is 1. The molecule has 1 N–H and O–H groups in total. The summed E-state index contributed by atoms with van der Waals surface area (Å²) in [6, 6.07) is 12.3. The van der Waals surface area contributed by atoms with Gasteiger partial charge in [0.2, 0.25) is 0 Å².